The summed E-state index contributed by atoms with van der Waals surface area (Å²) in [5.74, 6) is 1.13. The fraction of sp³-hybridized carbons (Fsp3) is 0.706. The summed E-state index contributed by atoms with van der Waals surface area (Å²) in [4.78, 5) is 11.0. The highest BCUT2D eigenvalue weighted by Crippen LogP contribution is 2.34. The molecule has 21 heavy (non-hydrogen) atoms. The van der Waals surface area contributed by atoms with Crippen LogP contribution in [0.15, 0.2) is 17.2 Å². The van der Waals surface area contributed by atoms with Gasteiger partial charge in [0.1, 0.15) is 5.82 Å². The normalized spacial score (nSPS) is 17.6. The van der Waals surface area contributed by atoms with Crippen molar-refractivity contribution in [3.63, 3.8) is 0 Å². The van der Waals surface area contributed by atoms with Crippen LogP contribution in [0.5, 0.6) is 0 Å². The zero-order valence-electron chi connectivity index (χ0n) is 14.3. The number of anilines is 1. The Morgan fingerprint density at radius 3 is 2.24 bits per heavy atom. The molecule has 0 atom stereocenters. The molecule has 0 aliphatic carbocycles. The molecule has 1 aliphatic rings. The van der Waals surface area contributed by atoms with Gasteiger partial charge in [-0.05, 0) is 32.4 Å². The predicted molar refractivity (Wildman–Crippen MR) is 93.5 cm³/mol. The summed E-state index contributed by atoms with van der Waals surface area (Å²) in [5.41, 5.74) is 1.34. The molecular formula is C17H29N3S. The molecule has 1 fully saturated rings. The maximum Gasteiger partial charge on any atom is 0.128 e. The summed E-state index contributed by atoms with van der Waals surface area (Å²) in [6.07, 6.45) is 2.05. The average molecular weight is 308 g/mol. The van der Waals surface area contributed by atoms with Crippen molar-refractivity contribution in [1.29, 1.82) is 0 Å². The third-order valence-corrected chi connectivity index (χ3v) is 5.09. The highest BCUT2D eigenvalue weighted by molar-refractivity contribution is 8.00. The number of rotatable bonds is 3. The van der Waals surface area contributed by atoms with E-state index in [1.165, 1.54) is 10.5 Å². The largest absolute Gasteiger partial charge is 0.354 e. The molecule has 0 N–H and O–H groups in total. The van der Waals surface area contributed by atoms with Crippen molar-refractivity contribution in [2.75, 3.05) is 31.1 Å². The van der Waals surface area contributed by atoms with Crippen LogP contribution in [0.3, 0.4) is 0 Å². The van der Waals surface area contributed by atoms with E-state index in [9.17, 15) is 0 Å². The second kappa shape index (κ2) is 6.57. The van der Waals surface area contributed by atoms with Crippen LogP contribution in [-0.4, -0.2) is 46.9 Å². The summed E-state index contributed by atoms with van der Waals surface area (Å²) in [7, 11) is 0. The molecule has 0 bridgehead atoms. The lowest BCUT2D eigenvalue weighted by atomic mass is 10.2. The van der Waals surface area contributed by atoms with Gasteiger partial charge in [-0.2, -0.15) is 0 Å². The number of thioether (sulfide) groups is 1. The molecule has 0 spiro atoms. The fourth-order valence-electron chi connectivity index (χ4n) is 2.61. The van der Waals surface area contributed by atoms with Gasteiger partial charge >= 0.3 is 0 Å². The molecule has 0 unspecified atom stereocenters. The topological polar surface area (TPSA) is 19.4 Å². The SMILES string of the molecule is Cc1cc(N2CCN(C(C)C)CC2)ncc1SC(C)(C)C. The van der Waals surface area contributed by atoms with Crippen LogP contribution >= 0.6 is 11.8 Å². The number of aromatic nitrogens is 1. The first-order valence-electron chi connectivity index (χ1n) is 7.91. The van der Waals surface area contributed by atoms with Crippen molar-refractivity contribution in [3.8, 4) is 0 Å². The molecule has 1 saturated heterocycles. The van der Waals surface area contributed by atoms with Crippen LogP contribution in [0.4, 0.5) is 5.82 Å². The van der Waals surface area contributed by atoms with Crippen molar-refractivity contribution in [2.45, 2.75) is 57.2 Å². The Hall–Kier alpha value is -0.740. The van der Waals surface area contributed by atoms with Gasteiger partial charge in [-0.1, -0.05) is 20.8 Å². The smallest absolute Gasteiger partial charge is 0.128 e. The lowest BCUT2D eigenvalue weighted by Gasteiger charge is -2.37. The second-order valence-corrected chi connectivity index (χ2v) is 9.01. The fourth-order valence-corrected chi connectivity index (χ4v) is 3.59. The monoisotopic (exact) mass is 307 g/mol. The molecule has 0 radical (unpaired) electrons. The molecule has 2 heterocycles. The summed E-state index contributed by atoms with van der Waals surface area (Å²) in [6, 6.07) is 2.89. The van der Waals surface area contributed by atoms with Crippen molar-refractivity contribution in [3.05, 3.63) is 17.8 Å². The van der Waals surface area contributed by atoms with Crippen LogP contribution in [0.25, 0.3) is 0 Å². The quantitative estimate of drug-likeness (QED) is 0.791. The minimum absolute atomic E-state index is 0.233. The van der Waals surface area contributed by atoms with Gasteiger partial charge in [0.15, 0.2) is 0 Å². The molecule has 0 amide bonds. The van der Waals surface area contributed by atoms with E-state index in [-0.39, 0.29) is 4.75 Å². The molecule has 1 aromatic rings. The molecular weight excluding hydrogens is 278 g/mol. The number of hydrogen-bond donors (Lipinski definition) is 0. The first kappa shape index (κ1) is 16.6. The van der Waals surface area contributed by atoms with E-state index >= 15 is 0 Å². The van der Waals surface area contributed by atoms with Crippen molar-refractivity contribution >= 4 is 17.6 Å². The summed E-state index contributed by atoms with van der Waals surface area (Å²) in [5, 5.41) is 0. The van der Waals surface area contributed by atoms with Crippen LogP contribution in [-0.2, 0) is 0 Å². The lowest BCUT2D eigenvalue weighted by molar-refractivity contribution is 0.209. The van der Waals surface area contributed by atoms with Gasteiger partial charge in [-0.25, -0.2) is 4.98 Å². The lowest BCUT2D eigenvalue weighted by Crippen LogP contribution is -2.49. The van der Waals surface area contributed by atoms with Gasteiger partial charge in [0, 0.05) is 48.1 Å². The van der Waals surface area contributed by atoms with Gasteiger partial charge in [-0.3, -0.25) is 4.90 Å². The van der Waals surface area contributed by atoms with Crippen LogP contribution in [0.1, 0.15) is 40.2 Å². The van der Waals surface area contributed by atoms with E-state index in [4.69, 9.17) is 4.98 Å². The van der Waals surface area contributed by atoms with Crippen molar-refractivity contribution < 1.29 is 0 Å². The minimum Gasteiger partial charge on any atom is -0.354 e. The van der Waals surface area contributed by atoms with E-state index in [0.717, 1.165) is 32.0 Å². The standard InChI is InChI=1S/C17H29N3S/c1-13(2)19-7-9-20(10-8-19)16-11-14(3)15(12-18-16)21-17(4,5)6/h11-13H,7-10H2,1-6H3. The Labute approximate surface area is 134 Å². The van der Waals surface area contributed by atoms with Gasteiger partial charge in [-0.15, -0.1) is 11.8 Å². The van der Waals surface area contributed by atoms with Gasteiger partial charge in [0.05, 0.1) is 0 Å². The number of piperazine rings is 1. The van der Waals surface area contributed by atoms with Crippen LogP contribution < -0.4 is 4.90 Å². The molecule has 2 rings (SSSR count). The van der Waals surface area contributed by atoms with Crippen molar-refractivity contribution in [2.24, 2.45) is 0 Å². The molecule has 1 aromatic heterocycles. The Bertz CT molecular complexity index is 471. The zero-order valence-corrected chi connectivity index (χ0v) is 15.1. The maximum absolute atomic E-state index is 4.70. The van der Waals surface area contributed by atoms with Gasteiger partial charge in [0.25, 0.3) is 0 Å². The van der Waals surface area contributed by atoms with Crippen molar-refractivity contribution in [1.82, 2.24) is 9.88 Å². The zero-order chi connectivity index (χ0) is 15.6. The summed E-state index contributed by atoms with van der Waals surface area (Å²) >= 11 is 1.90. The Morgan fingerprint density at radius 2 is 1.76 bits per heavy atom. The van der Waals surface area contributed by atoms with E-state index in [2.05, 4.69) is 63.6 Å². The molecule has 3 nitrogen and oxygen atoms in total. The average Bonchev–Trinajstić information content (AvgIpc) is 2.40. The maximum atomic E-state index is 4.70. The number of nitrogens with zero attached hydrogens (tertiary/aromatic N) is 3. The molecule has 118 valence electrons. The van der Waals surface area contributed by atoms with E-state index in [1.54, 1.807) is 0 Å². The number of hydrogen-bond acceptors (Lipinski definition) is 4. The Kier molecular flexibility index (Phi) is 5.20. The summed E-state index contributed by atoms with van der Waals surface area (Å²) < 4.78 is 0.233. The van der Waals surface area contributed by atoms with E-state index in [1.807, 2.05) is 11.8 Å². The highest BCUT2D eigenvalue weighted by Gasteiger charge is 2.20. The minimum atomic E-state index is 0.233. The summed E-state index contributed by atoms with van der Waals surface area (Å²) in [6.45, 7) is 17.9. The highest BCUT2D eigenvalue weighted by atomic mass is 32.2. The van der Waals surface area contributed by atoms with Gasteiger partial charge < -0.3 is 4.90 Å². The van der Waals surface area contributed by atoms with E-state index < -0.39 is 0 Å². The predicted octanol–water partition coefficient (Wildman–Crippen LogP) is 3.81. The molecule has 1 aliphatic heterocycles. The van der Waals surface area contributed by atoms with Crippen LogP contribution in [0, 0.1) is 6.92 Å². The Morgan fingerprint density at radius 1 is 1.14 bits per heavy atom. The first-order chi connectivity index (χ1) is 9.76. The molecule has 0 saturated carbocycles. The number of aryl methyl sites for hydroxylation is 1. The third kappa shape index (κ3) is 4.62. The van der Waals surface area contributed by atoms with Crippen LogP contribution in [0.2, 0.25) is 0 Å². The second-order valence-electron chi connectivity index (χ2n) is 7.14. The molecule has 0 aromatic carbocycles. The number of pyridine rings is 1. The van der Waals surface area contributed by atoms with E-state index in [0.29, 0.717) is 6.04 Å². The van der Waals surface area contributed by atoms with Gasteiger partial charge in [0.2, 0.25) is 0 Å². The first-order valence-corrected chi connectivity index (χ1v) is 8.72. The third-order valence-electron chi connectivity index (χ3n) is 3.83. The molecule has 4 heteroatoms. The Balaban J connectivity index is 2.04.